The number of pyridine rings is 2. The molecule has 0 unspecified atom stereocenters. The molecule has 5 rings (SSSR count). The molecule has 3 heterocycles. The fourth-order valence-electron chi connectivity index (χ4n) is 4.10. The van der Waals surface area contributed by atoms with E-state index in [4.69, 9.17) is 0 Å². The smallest absolute Gasteiger partial charge is 0.271 e. The van der Waals surface area contributed by atoms with E-state index in [2.05, 4.69) is 20.2 Å². The van der Waals surface area contributed by atoms with Crippen molar-refractivity contribution in [2.75, 3.05) is 12.5 Å². The second-order valence-electron chi connectivity index (χ2n) is 7.66. The monoisotopic (exact) mass is 425 g/mol. The van der Waals surface area contributed by atoms with Crippen LogP contribution in [0.15, 0.2) is 27.8 Å². The molecule has 3 aromatic heterocycles. The molecule has 1 fully saturated rings. The molecule has 9 heteroatoms. The van der Waals surface area contributed by atoms with Crippen LogP contribution in [0.2, 0.25) is 0 Å². The van der Waals surface area contributed by atoms with Gasteiger partial charge in [0, 0.05) is 30.0 Å². The molecule has 1 aliphatic carbocycles. The maximum atomic E-state index is 15.7. The highest BCUT2D eigenvalue weighted by Gasteiger charge is 2.31. The van der Waals surface area contributed by atoms with Crippen LogP contribution in [0.25, 0.3) is 32.2 Å². The number of nitrogens with zero attached hydrogens (tertiary/aromatic N) is 2. The molecule has 3 N–H and O–H groups in total. The lowest BCUT2D eigenvalue weighted by Crippen LogP contribution is -2.22. The van der Waals surface area contributed by atoms with Crippen LogP contribution >= 0.6 is 11.5 Å². The Balaban J connectivity index is 1.99. The maximum Gasteiger partial charge on any atom is 0.271 e. The van der Waals surface area contributed by atoms with E-state index < -0.39 is 16.8 Å². The van der Waals surface area contributed by atoms with E-state index in [1.165, 1.54) is 0 Å². The van der Waals surface area contributed by atoms with Gasteiger partial charge in [-0.05, 0) is 62.0 Å². The average molecular weight is 425 g/mol. The highest BCUT2D eigenvalue weighted by molar-refractivity contribution is 7.12. The number of aromatic nitrogens is 3. The zero-order valence-corrected chi connectivity index (χ0v) is 17.5. The molecule has 154 valence electrons. The summed E-state index contributed by atoms with van der Waals surface area (Å²) in [5.41, 5.74) is 7.93. The summed E-state index contributed by atoms with van der Waals surface area (Å²) in [6, 6.07) is 5.56. The Labute approximate surface area is 174 Å². The van der Waals surface area contributed by atoms with Crippen molar-refractivity contribution in [2.24, 2.45) is 0 Å². The van der Waals surface area contributed by atoms with E-state index in [0.29, 0.717) is 21.5 Å². The number of aryl methyl sites for hydroxylation is 2. The zero-order chi connectivity index (χ0) is 21.2. The molecule has 0 radical (unpaired) electrons. The third-order valence-corrected chi connectivity index (χ3v) is 6.29. The predicted octanol–water partition coefficient (Wildman–Crippen LogP) is 3.60. The van der Waals surface area contributed by atoms with Gasteiger partial charge in [-0.3, -0.25) is 18.9 Å². The van der Waals surface area contributed by atoms with Gasteiger partial charge in [0.1, 0.15) is 10.2 Å². The molecule has 1 aromatic carbocycles. The lowest BCUT2D eigenvalue weighted by molar-refractivity contribution is 0.633. The Hall–Kier alpha value is -3.04. The van der Waals surface area contributed by atoms with Crippen LogP contribution in [0.3, 0.4) is 0 Å². The van der Waals surface area contributed by atoms with Crippen LogP contribution in [0.4, 0.5) is 10.1 Å². The summed E-state index contributed by atoms with van der Waals surface area (Å²) in [4.78, 5) is 30.6. The summed E-state index contributed by atoms with van der Waals surface area (Å²) < 4.78 is 20.4. The van der Waals surface area contributed by atoms with Crippen LogP contribution in [-0.4, -0.2) is 21.0 Å². The number of nitrogens with one attached hydrogen (secondary N) is 3. The fourth-order valence-corrected chi connectivity index (χ4v) is 5.03. The number of H-pyrrole nitrogens is 1. The first-order chi connectivity index (χ1) is 14.4. The quantitative estimate of drug-likeness (QED) is 0.435. The number of hydrazine groups is 1. The molecule has 0 bridgehead atoms. The number of halogens is 1. The third kappa shape index (κ3) is 2.77. The number of rotatable bonds is 4. The van der Waals surface area contributed by atoms with Crippen molar-refractivity contribution in [3.63, 3.8) is 0 Å². The number of hydrogen-bond acceptors (Lipinski definition) is 6. The number of benzene rings is 1. The van der Waals surface area contributed by atoms with E-state index in [9.17, 15) is 9.59 Å². The van der Waals surface area contributed by atoms with Crippen LogP contribution in [0.1, 0.15) is 30.3 Å². The summed E-state index contributed by atoms with van der Waals surface area (Å²) in [7, 11) is 1.61. The summed E-state index contributed by atoms with van der Waals surface area (Å²) in [5, 5.41) is 0.262. The van der Waals surface area contributed by atoms with Crippen molar-refractivity contribution in [3.8, 4) is 11.1 Å². The number of aromatic amines is 1. The molecule has 1 saturated carbocycles. The summed E-state index contributed by atoms with van der Waals surface area (Å²) in [6.07, 6.45) is 1.91. The molecule has 0 amide bonds. The molecular formula is C21H20FN5O2S. The Morgan fingerprint density at radius 1 is 1.17 bits per heavy atom. The number of fused-ring (bicyclic) bond motifs is 2. The predicted molar refractivity (Wildman–Crippen MR) is 118 cm³/mol. The van der Waals surface area contributed by atoms with E-state index in [-0.39, 0.29) is 22.5 Å². The molecule has 4 aromatic rings. The molecule has 0 aliphatic heterocycles. The maximum absolute atomic E-state index is 15.7. The van der Waals surface area contributed by atoms with Gasteiger partial charge in [-0.1, -0.05) is 0 Å². The fraction of sp³-hybridized carbons (Fsp3) is 0.286. The second-order valence-corrected chi connectivity index (χ2v) is 8.46. The summed E-state index contributed by atoms with van der Waals surface area (Å²) in [6.45, 7) is 3.73. The van der Waals surface area contributed by atoms with E-state index >= 15 is 4.39 Å². The standard InChI is InChI=1S/C21H20FN5O2S/c1-9-6-11(7-10(2)24-9)13-8-14-15(18(17(13)22)25-23-3)19(28)16-20(29)26-30-21(16)27(14)12-4-5-12/h6-8,12,23,25H,4-5H2,1-3H3,(H,26,29). The van der Waals surface area contributed by atoms with Gasteiger partial charge >= 0.3 is 0 Å². The Bertz CT molecular complexity index is 1430. The Morgan fingerprint density at radius 2 is 1.87 bits per heavy atom. The molecule has 0 saturated heterocycles. The molecule has 1 aliphatic rings. The lowest BCUT2D eigenvalue weighted by atomic mass is 9.99. The summed E-state index contributed by atoms with van der Waals surface area (Å²) >= 11 is 1.15. The van der Waals surface area contributed by atoms with E-state index in [1.807, 2.05) is 30.5 Å². The van der Waals surface area contributed by atoms with E-state index in [1.54, 1.807) is 13.1 Å². The molecular weight excluding hydrogens is 405 g/mol. The third-order valence-electron chi connectivity index (χ3n) is 5.41. The van der Waals surface area contributed by atoms with Crippen molar-refractivity contribution < 1.29 is 4.39 Å². The van der Waals surface area contributed by atoms with E-state index in [0.717, 1.165) is 35.8 Å². The first kappa shape index (κ1) is 19.0. The highest BCUT2D eigenvalue weighted by Crippen LogP contribution is 2.42. The minimum Gasteiger partial charge on any atom is -0.327 e. The van der Waals surface area contributed by atoms with Gasteiger partial charge in [-0.15, -0.1) is 0 Å². The average Bonchev–Trinajstić information content (AvgIpc) is 3.45. The van der Waals surface area contributed by atoms with Gasteiger partial charge in [0.2, 0.25) is 5.43 Å². The molecule has 7 nitrogen and oxygen atoms in total. The van der Waals surface area contributed by atoms with Crippen molar-refractivity contribution in [2.45, 2.75) is 32.7 Å². The summed E-state index contributed by atoms with van der Waals surface area (Å²) in [5.74, 6) is -0.549. The van der Waals surface area contributed by atoms with Crippen molar-refractivity contribution >= 4 is 38.3 Å². The molecule has 0 atom stereocenters. The minimum absolute atomic E-state index is 0.0454. The van der Waals surface area contributed by atoms with Crippen LogP contribution in [0, 0.1) is 19.7 Å². The van der Waals surface area contributed by atoms with Crippen LogP contribution in [0.5, 0.6) is 0 Å². The van der Waals surface area contributed by atoms with Gasteiger partial charge in [0.25, 0.3) is 5.56 Å². The van der Waals surface area contributed by atoms with Crippen molar-refractivity contribution in [3.05, 3.63) is 56.0 Å². The van der Waals surface area contributed by atoms with Crippen molar-refractivity contribution in [1.29, 1.82) is 0 Å². The first-order valence-electron chi connectivity index (χ1n) is 9.71. The van der Waals surface area contributed by atoms with Crippen LogP contribution in [-0.2, 0) is 0 Å². The lowest BCUT2D eigenvalue weighted by Gasteiger charge is -2.18. The largest absolute Gasteiger partial charge is 0.327 e. The SMILES string of the molecule is CNNc1c(F)c(-c2cc(C)nc(C)c2)cc2c1c(=O)c1c(=O)[nH]sc1n2C1CC1. The number of hydrogen-bond donors (Lipinski definition) is 3. The first-order valence-corrected chi connectivity index (χ1v) is 10.5. The number of anilines is 1. The zero-order valence-electron chi connectivity index (χ0n) is 16.7. The van der Waals surface area contributed by atoms with Crippen LogP contribution < -0.4 is 21.8 Å². The van der Waals surface area contributed by atoms with Gasteiger partial charge < -0.3 is 9.99 Å². The normalized spacial score (nSPS) is 14.0. The highest BCUT2D eigenvalue weighted by atomic mass is 32.1. The van der Waals surface area contributed by atoms with Crippen molar-refractivity contribution in [1.82, 2.24) is 19.4 Å². The molecule has 30 heavy (non-hydrogen) atoms. The van der Waals surface area contributed by atoms with Gasteiger partial charge in [0.05, 0.1) is 16.6 Å². The second kappa shape index (κ2) is 6.75. The minimum atomic E-state index is -0.549. The topological polar surface area (TPSA) is 91.8 Å². The Morgan fingerprint density at radius 3 is 2.50 bits per heavy atom. The Kier molecular flexibility index (Phi) is 4.26. The van der Waals surface area contributed by atoms with Gasteiger partial charge in [-0.2, -0.15) is 0 Å². The molecule has 0 spiro atoms. The van der Waals surface area contributed by atoms with Gasteiger partial charge in [-0.25, -0.2) is 9.82 Å². The van der Waals surface area contributed by atoms with Gasteiger partial charge in [0.15, 0.2) is 5.82 Å².